The van der Waals surface area contributed by atoms with Crippen molar-refractivity contribution in [1.29, 1.82) is 0 Å². The number of nitrogens with zero attached hydrogens (tertiary/aromatic N) is 1. The van der Waals surface area contributed by atoms with E-state index in [2.05, 4.69) is 10.0 Å². The maximum absolute atomic E-state index is 13.0. The summed E-state index contributed by atoms with van der Waals surface area (Å²) in [5, 5.41) is 2.66. The molecule has 0 fully saturated rings. The van der Waals surface area contributed by atoms with Gasteiger partial charge in [0.15, 0.2) is 0 Å². The number of methoxy groups -OCH3 is 1. The number of carbonyl (C=O) groups is 1. The number of sulfonamides is 2. The summed E-state index contributed by atoms with van der Waals surface area (Å²) >= 11 is 0. The molecule has 1 amide bonds. The van der Waals surface area contributed by atoms with Crippen molar-refractivity contribution in [2.75, 3.05) is 27.7 Å². The van der Waals surface area contributed by atoms with Gasteiger partial charge in [-0.25, -0.2) is 16.8 Å². The Bertz CT molecular complexity index is 1430. The first-order chi connectivity index (χ1) is 16.8. The van der Waals surface area contributed by atoms with E-state index >= 15 is 0 Å². The van der Waals surface area contributed by atoms with Crippen molar-refractivity contribution < 1.29 is 26.4 Å². The number of rotatable bonds is 9. The molecule has 0 aliphatic heterocycles. The van der Waals surface area contributed by atoms with Crippen molar-refractivity contribution in [3.8, 4) is 5.75 Å². The Hall–Kier alpha value is -3.57. The maximum Gasteiger partial charge on any atom is 0.261 e. The van der Waals surface area contributed by atoms with E-state index in [1.54, 1.807) is 36.4 Å². The van der Waals surface area contributed by atoms with E-state index in [0.29, 0.717) is 22.8 Å². The van der Waals surface area contributed by atoms with E-state index in [9.17, 15) is 21.6 Å². The monoisotopic (exact) mass is 531 g/mol. The minimum absolute atomic E-state index is 0.00244. The van der Waals surface area contributed by atoms with Crippen LogP contribution in [0.1, 0.15) is 18.1 Å². The van der Waals surface area contributed by atoms with E-state index in [0.717, 1.165) is 21.7 Å². The van der Waals surface area contributed by atoms with Crippen molar-refractivity contribution in [2.24, 2.45) is 0 Å². The average molecular weight is 532 g/mol. The standard InChI is InChI=1S/C25H29N3O6S2/c1-17-14-18(2)16-22(15-17)28(35(5,30)31)19(3)25(29)26-20-8-12-24(13-9-20)36(32,33)27-21-6-10-23(34-4)11-7-21/h6-16,19,27H,1-5H3,(H,26,29)/t19-/m0/s1. The fourth-order valence-electron chi connectivity index (χ4n) is 3.72. The Balaban J connectivity index is 1.76. The molecule has 0 aliphatic carbocycles. The largest absolute Gasteiger partial charge is 0.497 e. The van der Waals surface area contributed by atoms with Crippen LogP contribution in [0.15, 0.2) is 71.6 Å². The minimum Gasteiger partial charge on any atom is -0.497 e. The summed E-state index contributed by atoms with van der Waals surface area (Å²) in [5.74, 6) is 0.0331. The predicted octanol–water partition coefficient (Wildman–Crippen LogP) is 3.91. The van der Waals surface area contributed by atoms with Crippen molar-refractivity contribution >= 4 is 43.0 Å². The molecule has 0 unspecified atom stereocenters. The first-order valence-corrected chi connectivity index (χ1v) is 14.3. The molecule has 3 aromatic carbocycles. The number of amides is 1. The maximum atomic E-state index is 13.0. The molecule has 192 valence electrons. The Morgan fingerprint density at radius 2 is 1.39 bits per heavy atom. The summed E-state index contributed by atoms with van der Waals surface area (Å²) in [6.45, 7) is 5.19. The second kappa shape index (κ2) is 10.6. The zero-order chi connectivity index (χ0) is 26.7. The van der Waals surface area contributed by atoms with Gasteiger partial charge in [0.05, 0.1) is 23.9 Å². The van der Waals surface area contributed by atoms with Gasteiger partial charge in [0.25, 0.3) is 10.0 Å². The van der Waals surface area contributed by atoms with Gasteiger partial charge < -0.3 is 10.1 Å². The molecule has 36 heavy (non-hydrogen) atoms. The van der Waals surface area contributed by atoms with E-state index in [1.165, 1.54) is 38.3 Å². The molecule has 0 saturated heterocycles. The first-order valence-electron chi connectivity index (χ1n) is 11.0. The molecule has 0 aliphatic rings. The lowest BCUT2D eigenvalue weighted by molar-refractivity contribution is -0.116. The summed E-state index contributed by atoms with van der Waals surface area (Å²) in [6.07, 6.45) is 1.05. The van der Waals surface area contributed by atoms with Gasteiger partial charge in [0.2, 0.25) is 15.9 Å². The van der Waals surface area contributed by atoms with Crippen molar-refractivity contribution in [3.63, 3.8) is 0 Å². The van der Waals surface area contributed by atoms with Crippen LogP contribution in [0.2, 0.25) is 0 Å². The molecule has 0 heterocycles. The zero-order valence-electron chi connectivity index (χ0n) is 20.6. The molecule has 0 bridgehead atoms. The molecule has 2 N–H and O–H groups in total. The highest BCUT2D eigenvalue weighted by Crippen LogP contribution is 2.25. The summed E-state index contributed by atoms with van der Waals surface area (Å²) in [5.41, 5.74) is 2.82. The molecule has 3 aromatic rings. The molecular formula is C25H29N3O6S2. The molecule has 3 rings (SSSR count). The number of anilines is 3. The number of hydrogen-bond acceptors (Lipinski definition) is 6. The molecule has 0 radical (unpaired) electrons. The number of carbonyl (C=O) groups excluding carboxylic acids is 1. The lowest BCUT2D eigenvalue weighted by atomic mass is 10.1. The molecule has 9 nitrogen and oxygen atoms in total. The fourth-order valence-corrected chi connectivity index (χ4v) is 5.94. The Labute approximate surface area is 212 Å². The van der Waals surface area contributed by atoms with Crippen LogP contribution in [0, 0.1) is 13.8 Å². The SMILES string of the molecule is COc1ccc(NS(=O)(=O)c2ccc(NC(=O)[C@H](C)N(c3cc(C)cc(C)c3)S(C)(=O)=O)cc2)cc1. The quantitative estimate of drug-likeness (QED) is 0.432. The van der Waals surface area contributed by atoms with Gasteiger partial charge in [0, 0.05) is 11.4 Å². The van der Waals surface area contributed by atoms with E-state index in [-0.39, 0.29) is 4.90 Å². The zero-order valence-corrected chi connectivity index (χ0v) is 22.3. The molecule has 11 heteroatoms. The van der Waals surface area contributed by atoms with Crippen LogP contribution in [0.3, 0.4) is 0 Å². The topological polar surface area (TPSA) is 122 Å². The van der Waals surface area contributed by atoms with Crippen LogP contribution in [-0.4, -0.2) is 42.2 Å². The van der Waals surface area contributed by atoms with Crippen LogP contribution in [-0.2, 0) is 24.8 Å². The van der Waals surface area contributed by atoms with Crippen molar-refractivity contribution in [1.82, 2.24) is 0 Å². The van der Waals surface area contributed by atoms with E-state index in [1.807, 2.05) is 19.9 Å². The number of ether oxygens (including phenoxy) is 1. The average Bonchev–Trinajstić information content (AvgIpc) is 2.78. The van der Waals surface area contributed by atoms with Crippen LogP contribution in [0.5, 0.6) is 5.75 Å². The molecule has 0 aromatic heterocycles. The van der Waals surface area contributed by atoms with Crippen LogP contribution in [0.25, 0.3) is 0 Å². The van der Waals surface area contributed by atoms with Crippen LogP contribution < -0.4 is 19.1 Å². The van der Waals surface area contributed by atoms with Crippen LogP contribution in [0.4, 0.5) is 17.1 Å². The van der Waals surface area contributed by atoms with Crippen molar-refractivity contribution in [2.45, 2.75) is 31.7 Å². The van der Waals surface area contributed by atoms with Gasteiger partial charge in [-0.1, -0.05) is 6.07 Å². The second-order valence-electron chi connectivity index (χ2n) is 8.43. The van der Waals surface area contributed by atoms with Gasteiger partial charge in [-0.15, -0.1) is 0 Å². The number of hydrogen-bond donors (Lipinski definition) is 2. The Morgan fingerprint density at radius 3 is 1.89 bits per heavy atom. The van der Waals surface area contributed by atoms with Gasteiger partial charge in [0.1, 0.15) is 11.8 Å². The smallest absolute Gasteiger partial charge is 0.261 e. The predicted molar refractivity (Wildman–Crippen MR) is 142 cm³/mol. The minimum atomic E-state index is -3.86. The van der Waals surface area contributed by atoms with E-state index in [4.69, 9.17) is 4.74 Å². The summed E-state index contributed by atoms with van der Waals surface area (Å²) in [6, 6.07) is 16.3. The summed E-state index contributed by atoms with van der Waals surface area (Å²) < 4.78 is 59.1. The van der Waals surface area contributed by atoms with Crippen molar-refractivity contribution in [3.05, 3.63) is 77.9 Å². The normalized spacial score (nSPS) is 12.5. The molecule has 0 saturated carbocycles. The summed E-state index contributed by atoms with van der Waals surface area (Å²) in [4.78, 5) is 13.0. The second-order valence-corrected chi connectivity index (χ2v) is 12.0. The lowest BCUT2D eigenvalue weighted by Crippen LogP contribution is -2.45. The van der Waals surface area contributed by atoms with E-state index < -0.39 is 32.0 Å². The van der Waals surface area contributed by atoms with Gasteiger partial charge in [-0.2, -0.15) is 0 Å². The fraction of sp³-hybridized carbons (Fsp3) is 0.240. The highest BCUT2D eigenvalue weighted by atomic mass is 32.2. The Kier molecular flexibility index (Phi) is 7.95. The highest BCUT2D eigenvalue weighted by molar-refractivity contribution is 7.92. The third-order valence-corrected chi connectivity index (χ3v) is 7.96. The molecular weight excluding hydrogens is 502 g/mol. The third-order valence-electron chi connectivity index (χ3n) is 5.32. The number of benzene rings is 3. The third kappa shape index (κ3) is 6.55. The first kappa shape index (κ1) is 27.0. The van der Waals surface area contributed by atoms with Gasteiger partial charge in [-0.05, 0) is 92.6 Å². The highest BCUT2D eigenvalue weighted by Gasteiger charge is 2.29. The van der Waals surface area contributed by atoms with Crippen LogP contribution >= 0.6 is 0 Å². The number of aryl methyl sites for hydroxylation is 2. The number of nitrogens with one attached hydrogen (secondary N) is 2. The van der Waals surface area contributed by atoms with Gasteiger partial charge in [-0.3, -0.25) is 13.8 Å². The summed E-state index contributed by atoms with van der Waals surface area (Å²) in [7, 11) is -6.12. The Morgan fingerprint density at radius 1 is 0.861 bits per heavy atom. The van der Waals surface area contributed by atoms with Gasteiger partial charge >= 0.3 is 0 Å². The molecule has 0 spiro atoms. The molecule has 1 atom stereocenters. The lowest BCUT2D eigenvalue weighted by Gasteiger charge is -2.28.